The van der Waals surface area contributed by atoms with Gasteiger partial charge >= 0.3 is 0 Å². The Hall–Kier alpha value is -1.72. The summed E-state index contributed by atoms with van der Waals surface area (Å²) in [5.74, 6) is 0.754. The van der Waals surface area contributed by atoms with E-state index in [1.54, 1.807) is 10.5 Å². The first kappa shape index (κ1) is 17.1. The van der Waals surface area contributed by atoms with E-state index >= 15 is 0 Å². The second-order valence-corrected chi connectivity index (χ2v) is 8.51. The number of nitrogens with zero attached hydrogens (tertiary/aromatic N) is 5. The minimum atomic E-state index is -3.18. The van der Waals surface area contributed by atoms with Gasteiger partial charge in [0, 0.05) is 25.2 Å². The van der Waals surface area contributed by atoms with Crippen molar-refractivity contribution in [3.05, 3.63) is 18.1 Å². The van der Waals surface area contributed by atoms with Crippen molar-refractivity contribution < 1.29 is 8.42 Å². The van der Waals surface area contributed by atoms with E-state index in [4.69, 9.17) is 5.26 Å². The molecule has 24 heavy (non-hydrogen) atoms. The molecule has 8 heteroatoms. The fraction of sp³-hybridized carbons (Fsp3) is 0.688. The smallest absolute Gasteiger partial charge is 0.211 e. The third-order valence-corrected chi connectivity index (χ3v) is 6.31. The van der Waals surface area contributed by atoms with Crippen LogP contribution in [0.2, 0.25) is 0 Å². The lowest BCUT2D eigenvalue weighted by atomic mass is 9.91. The molecule has 0 radical (unpaired) electrons. The van der Waals surface area contributed by atoms with Crippen molar-refractivity contribution in [2.45, 2.75) is 50.6 Å². The highest BCUT2D eigenvalue weighted by molar-refractivity contribution is 7.88. The van der Waals surface area contributed by atoms with Crippen LogP contribution in [0.25, 0.3) is 0 Å². The molecule has 1 atom stereocenters. The minimum absolute atomic E-state index is 0.0710. The zero-order valence-electron chi connectivity index (χ0n) is 13.9. The lowest BCUT2D eigenvalue weighted by Crippen LogP contribution is -2.49. The van der Waals surface area contributed by atoms with Crippen molar-refractivity contribution >= 4 is 15.8 Å². The van der Waals surface area contributed by atoms with E-state index in [0.717, 1.165) is 57.4 Å². The van der Waals surface area contributed by atoms with Crippen LogP contribution in [0.3, 0.4) is 0 Å². The van der Waals surface area contributed by atoms with Crippen molar-refractivity contribution in [1.82, 2.24) is 14.3 Å². The molecule has 1 unspecified atom stereocenters. The van der Waals surface area contributed by atoms with E-state index in [1.165, 1.54) is 12.5 Å². The molecule has 1 aliphatic heterocycles. The molecule has 1 saturated carbocycles. The van der Waals surface area contributed by atoms with E-state index in [2.05, 4.69) is 14.9 Å². The maximum absolute atomic E-state index is 12.3. The Morgan fingerprint density at radius 1 is 1.12 bits per heavy atom. The Morgan fingerprint density at radius 3 is 2.38 bits per heavy atom. The van der Waals surface area contributed by atoms with Crippen LogP contribution in [0.4, 0.5) is 5.82 Å². The standard InChI is InChI=1S/C16H23N5O2S/c1-24(22,23)21(14-4-2-5-14)15-6-3-8-20(9-7-15)16-12-18-13(10-17)11-19-16/h11-12,14-15H,2-9H2,1H3. The van der Waals surface area contributed by atoms with Gasteiger partial charge in [0.15, 0.2) is 5.69 Å². The topological polar surface area (TPSA) is 90.2 Å². The Balaban J connectivity index is 1.70. The van der Waals surface area contributed by atoms with Crippen molar-refractivity contribution in [1.29, 1.82) is 5.26 Å². The Labute approximate surface area is 143 Å². The average Bonchev–Trinajstić information content (AvgIpc) is 2.75. The second-order valence-electron chi connectivity index (χ2n) is 6.62. The van der Waals surface area contributed by atoms with Gasteiger partial charge in [-0.25, -0.2) is 18.4 Å². The summed E-state index contributed by atoms with van der Waals surface area (Å²) < 4.78 is 26.3. The van der Waals surface area contributed by atoms with Gasteiger partial charge in [-0.3, -0.25) is 0 Å². The number of aromatic nitrogens is 2. The fourth-order valence-electron chi connectivity index (χ4n) is 3.59. The summed E-state index contributed by atoms with van der Waals surface area (Å²) in [7, 11) is -3.18. The molecule has 7 nitrogen and oxygen atoms in total. The fourth-order valence-corrected chi connectivity index (χ4v) is 5.09. The van der Waals surface area contributed by atoms with Gasteiger partial charge in [-0.2, -0.15) is 9.57 Å². The summed E-state index contributed by atoms with van der Waals surface area (Å²) in [4.78, 5) is 10.5. The lowest BCUT2D eigenvalue weighted by molar-refractivity contribution is 0.164. The van der Waals surface area contributed by atoms with Gasteiger partial charge in [0.05, 0.1) is 18.6 Å². The van der Waals surface area contributed by atoms with Gasteiger partial charge < -0.3 is 4.90 Å². The van der Waals surface area contributed by atoms with Crippen LogP contribution in [0.1, 0.15) is 44.2 Å². The molecular weight excluding hydrogens is 326 g/mol. The maximum Gasteiger partial charge on any atom is 0.211 e. The molecule has 0 amide bonds. The molecule has 1 aliphatic carbocycles. The number of rotatable bonds is 4. The van der Waals surface area contributed by atoms with Crippen molar-refractivity contribution in [2.75, 3.05) is 24.2 Å². The highest BCUT2D eigenvalue weighted by atomic mass is 32.2. The first-order valence-electron chi connectivity index (χ1n) is 8.44. The summed E-state index contributed by atoms with van der Waals surface area (Å²) >= 11 is 0. The van der Waals surface area contributed by atoms with Crippen LogP contribution in [0.15, 0.2) is 12.4 Å². The third kappa shape index (κ3) is 3.68. The zero-order valence-corrected chi connectivity index (χ0v) is 14.7. The number of anilines is 1. The maximum atomic E-state index is 12.3. The molecule has 3 rings (SSSR count). The summed E-state index contributed by atoms with van der Waals surface area (Å²) in [6.45, 7) is 1.59. The molecule has 2 aliphatic rings. The molecular formula is C16H23N5O2S. The van der Waals surface area contributed by atoms with Crippen LogP contribution in [-0.4, -0.2) is 54.1 Å². The molecule has 0 spiro atoms. The lowest BCUT2D eigenvalue weighted by Gasteiger charge is -2.40. The van der Waals surface area contributed by atoms with Crippen LogP contribution in [-0.2, 0) is 10.0 Å². The van der Waals surface area contributed by atoms with E-state index in [0.29, 0.717) is 5.69 Å². The molecule has 130 valence electrons. The molecule has 0 N–H and O–H groups in total. The van der Waals surface area contributed by atoms with Crippen molar-refractivity contribution in [3.8, 4) is 6.07 Å². The van der Waals surface area contributed by atoms with E-state index in [9.17, 15) is 8.42 Å². The normalized spacial score (nSPS) is 22.7. The molecule has 2 fully saturated rings. The first-order valence-corrected chi connectivity index (χ1v) is 10.3. The predicted molar refractivity (Wildman–Crippen MR) is 90.9 cm³/mol. The molecule has 1 saturated heterocycles. The molecule has 0 bridgehead atoms. The molecule has 1 aromatic heterocycles. The minimum Gasteiger partial charge on any atom is -0.355 e. The van der Waals surface area contributed by atoms with Gasteiger partial charge in [0.25, 0.3) is 0 Å². The average molecular weight is 349 g/mol. The zero-order chi connectivity index (χ0) is 17.2. The first-order chi connectivity index (χ1) is 11.5. The Bertz CT molecular complexity index is 709. The van der Waals surface area contributed by atoms with E-state index < -0.39 is 10.0 Å². The largest absolute Gasteiger partial charge is 0.355 e. The number of hydrogen-bond acceptors (Lipinski definition) is 6. The summed E-state index contributed by atoms with van der Waals surface area (Å²) in [5, 5.41) is 8.81. The summed E-state index contributed by atoms with van der Waals surface area (Å²) in [6, 6.07) is 2.23. The van der Waals surface area contributed by atoms with Crippen LogP contribution < -0.4 is 4.90 Å². The number of nitriles is 1. The number of hydrogen-bond donors (Lipinski definition) is 0. The van der Waals surface area contributed by atoms with Crippen molar-refractivity contribution in [3.63, 3.8) is 0 Å². The Kier molecular flexibility index (Phi) is 5.01. The van der Waals surface area contributed by atoms with Gasteiger partial charge in [-0.15, -0.1) is 0 Å². The quantitative estimate of drug-likeness (QED) is 0.819. The second kappa shape index (κ2) is 7.03. The van der Waals surface area contributed by atoms with Gasteiger partial charge in [-0.1, -0.05) is 6.42 Å². The predicted octanol–water partition coefficient (Wildman–Crippen LogP) is 1.52. The van der Waals surface area contributed by atoms with Crippen LogP contribution in [0, 0.1) is 11.3 Å². The highest BCUT2D eigenvalue weighted by Crippen LogP contribution is 2.32. The summed E-state index contributed by atoms with van der Waals surface area (Å²) in [6.07, 6.45) is 10.1. The van der Waals surface area contributed by atoms with Crippen molar-refractivity contribution in [2.24, 2.45) is 0 Å². The summed E-state index contributed by atoms with van der Waals surface area (Å²) in [5.41, 5.74) is 0.305. The van der Waals surface area contributed by atoms with Gasteiger partial charge in [0.1, 0.15) is 11.9 Å². The number of sulfonamides is 1. The van der Waals surface area contributed by atoms with Crippen LogP contribution in [0.5, 0.6) is 0 Å². The Morgan fingerprint density at radius 2 is 1.83 bits per heavy atom. The van der Waals surface area contributed by atoms with Gasteiger partial charge in [0.2, 0.25) is 10.0 Å². The molecule has 2 heterocycles. The highest BCUT2D eigenvalue weighted by Gasteiger charge is 2.37. The molecule has 0 aromatic carbocycles. The SMILES string of the molecule is CS(=O)(=O)N(C1CCC1)C1CCCN(c2cnc(C#N)cn2)CC1. The van der Waals surface area contributed by atoms with E-state index in [1.807, 2.05) is 6.07 Å². The monoisotopic (exact) mass is 349 g/mol. The molecule has 1 aromatic rings. The van der Waals surface area contributed by atoms with Crippen LogP contribution >= 0.6 is 0 Å². The van der Waals surface area contributed by atoms with E-state index in [-0.39, 0.29) is 12.1 Å². The van der Waals surface area contributed by atoms with Gasteiger partial charge in [-0.05, 0) is 32.1 Å². The third-order valence-electron chi connectivity index (χ3n) is 4.95.